The van der Waals surface area contributed by atoms with Crippen LogP contribution in [0.5, 0.6) is 0 Å². The highest BCUT2D eigenvalue weighted by Crippen LogP contribution is 2.16. The Hall–Kier alpha value is -1.20. The summed E-state index contributed by atoms with van der Waals surface area (Å²) in [4.78, 5) is 21.6. The Labute approximate surface area is 186 Å². The lowest BCUT2D eigenvalue weighted by Crippen LogP contribution is -2.55. The lowest BCUT2D eigenvalue weighted by molar-refractivity contribution is -0.142. The lowest BCUT2D eigenvalue weighted by atomic mass is 10.2. The van der Waals surface area contributed by atoms with Crippen LogP contribution in [0.3, 0.4) is 0 Å². The van der Waals surface area contributed by atoms with E-state index in [2.05, 4.69) is 15.2 Å². The van der Waals surface area contributed by atoms with E-state index in [0.717, 1.165) is 36.8 Å². The van der Waals surface area contributed by atoms with Gasteiger partial charge in [-0.15, -0.1) is 24.0 Å². The van der Waals surface area contributed by atoms with E-state index in [-0.39, 0.29) is 36.0 Å². The number of hydrogen-bond acceptors (Lipinski definition) is 4. The number of benzene rings is 1. The molecule has 0 radical (unpaired) electrons. The van der Waals surface area contributed by atoms with Gasteiger partial charge < -0.3 is 19.9 Å². The first-order valence-electron chi connectivity index (χ1n) is 9.48. The summed E-state index contributed by atoms with van der Waals surface area (Å²) < 4.78 is 17.8. The Bertz CT molecular complexity index is 675. The molecule has 156 valence electrons. The zero-order chi connectivity index (χ0) is 19.1. The minimum absolute atomic E-state index is 0. The Balaban J connectivity index is 0.00000280. The summed E-state index contributed by atoms with van der Waals surface area (Å²) in [5, 5.41) is 3.29. The molecule has 2 aliphatic rings. The topological polar surface area (TPSA) is 74.2 Å². The number of carbonyl (C=O) groups is 1. The van der Waals surface area contributed by atoms with Gasteiger partial charge in [-0.1, -0.05) is 18.2 Å². The zero-order valence-corrected chi connectivity index (χ0v) is 19.4. The summed E-state index contributed by atoms with van der Waals surface area (Å²) in [5.74, 6) is 1.44. The van der Waals surface area contributed by atoms with Crippen molar-refractivity contribution in [1.29, 1.82) is 0 Å². The number of guanidine groups is 1. The average molecular weight is 520 g/mol. The van der Waals surface area contributed by atoms with E-state index in [1.165, 1.54) is 0 Å². The first kappa shape index (κ1) is 23.1. The molecular formula is C19H29IN4O3S. The Kier molecular flexibility index (Phi) is 9.66. The van der Waals surface area contributed by atoms with Gasteiger partial charge in [-0.05, 0) is 25.0 Å². The molecule has 0 aliphatic carbocycles. The maximum absolute atomic E-state index is 12.4. The van der Waals surface area contributed by atoms with Crippen LogP contribution in [0.25, 0.3) is 0 Å². The number of halogens is 1. The Morgan fingerprint density at radius 2 is 1.89 bits per heavy atom. The summed E-state index contributed by atoms with van der Waals surface area (Å²) in [6.45, 7) is 4.10. The maximum atomic E-state index is 12.4. The normalized spacial score (nSPS) is 21.2. The molecule has 0 bridgehead atoms. The van der Waals surface area contributed by atoms with Crippen LogP contribution in [0.1, 0.15) is 12.8 Å². The standard InChI is InChI=1S/C19H28N4O3S.HI/c1-20-19(21-9-15-27(25)16-6-3-2-4-7-16)23-12-10-22(11-13-23)18(24)17-8-5-14-26-17;/h2-4,6-7,17H,5,8-15H2,1H3,(H,20,21);1H. The van der Waals surface area contributed by atoms with Crippen LogP contribution in [0.15, 0.2) is 40.2 Å². The fraction of sp³-hybridized carbons (Fsp3) is 0.579. The number of hydrogen-bond donors (Lipinski definition) is 1. The monoisotopic (exact) mass is 520 g/mol. The van der Waals surface area contributed by atoms with Crippen molar-refractivity contribution in [2.45, 2.75) is 23.8 Å². The van der Waals surface area contributed by atoms with Gasteiger partial charge in [-0.25, -0.2) is 0 Å². The number of rotatable bonds is 5. The molecule has 1 aromatic rings. The van der Waals surface area contributed by atoms with Crippen molar-refractivity contribution in [2.24, 2.45) is 4.99 Å². The minimum atomic E-state index is -1.02. The van der Waals surface area contributed by atoms with E-state index in [9.17, 15) is 9.00 Å². The Morgan fingerprint density at radius 3 is 2.50 bits per heavy atom. The number of carbonyl (C=O) groups excluding carboxylic acids is 1. The molecule has 2 fully saturated rings. The van der Waals surface area contributed by atoms with E-state index in [1.807, 2.05) is 35.2 Å². The van der Waals surface area contributed by atoms with Gasteiger partial charge in [0, 0.05) is 57.0 Å². The van der Waals surface area contributed by atoms with Crippen molar-refractivity contribution >= 4 is 46.6 Å². The van der Waals surface area contributed by atoms with Crippen molar-refractivity contribution in [2.75, 3.05) is 52.1 Å². The van der Waals surface area contributed by atoms with Gasteiger partial charge in [-0.3, -0.25) is 14.0 Å². The molecule has 2 atom stereocenters. The average Bonchev–Trinajstić information content (AvgIpc) is 3.26. The molecule has 2 unspecified atom stereocenters. The fourth-order valence-corrected chi connectivity index (χ4v) is 4.38. The molecule has 1 N–H and O–H groups in total. The van der Waals surface area contributed by atoms with Crippen LogP contribution < -0.4 is 5.32 Å². The predicted molar refractivity (Wildman–Crippen MR) is 122 cm³/mol. The first-order valence-corrected chi connectivity index (χ1v) is 10.8. The maximum Gasteiger partial charge on any atom is 0.251 e. The van der Waals surface area contributed by atoms with Crippen LogP contribution in [0, 0.1) is 0 Å². The van der Waals surface area contributed by atoms with Gasteiger partial charge in [0.2, 0.25) is 0 Å². The molecule has 2 heterocycles. The van der Waals surface area contributed by atoms with Crippen LogP contribution in [-0.4, -0.2) is 84.1 Å². The number of ether oxygens (including phenoxy) is 1. The van der Waals surface area contributed by atoms with Gasteiger partial charge in [-0.2, -0.15) is 0 Å². The van der Waals surface area contributed by atoms with E-state index in [1.54, 1.807) is 7.05 Å². The van der Waals surface area contributed by atoms with Gasteiger partial charge in [0.15, 0.2) is 5.96 Å². The van der Waals surface area contributed by atoms with E-state index in [4.69, 9.17) is 4.74 Å². The number of amides is 1. The fourth-order valence-electron chi connectivity index (χ4n) is 3.39. The van der Waals surface area contributed by atoms with Gasteiger partial charge >= 0.3 is 0 Å². The third kappa shape index (κ3) is 6.15. The summed E-state index contributed by atoms with van der Waals surface area (Å²) >= 11 is 0. The Morgan fingerprint density at radius 1 is 1.21 bits per heavy atom. The molecule has 2 aliphatic heterocycles. The highest BCUT2D eigenvalue weighted by molar-refractivity contribution is 14.0. The number of nitrogens with zero attached hydrogens (tertiary/aromatic N) is 3. The van der Waals surface area contributed by atoms with E-state index < -0.39 is 10.8 Å². The smallest absolute Gasteiger partial charge is 0.251 e. The summed E-state index contributed by atoms with van der Waals surface area (Å²) in [6, 6.07) is 9.49. The molecule has 1 amide bonds. The highest BCUT2D eigenvalue weighted by Gasteiger charge is 2.30. The molecule has 7 nitrogen and oxygen atoms in total. The van der Waals surface area contributed by atoms with Gasteiger partial charge in [0.05, 0.1) is 10.8 Å². The summed E-state index contributed by atoms with van der Waals surface area (Å²) in [7, 11) is 0.727. The van der Waals surface area contributed by atoms with E-state index >= 15 is 0 Å². The number of nitrogens with one attached hydrogen (secondary N) is 1. The number of piperazine rings is 1. The van der Waals surface area contributed by atoms with Crippen molar-refractivity contribution in [3.63, 3.8) is 0 Å². The van der Waals surface area contributed by atoms with Crippen LogP contribution in [0.2, 0.25) is 0 Å². The van der Waals surface area contributed by atoms with Crippen molar-refractivity contribution in [3.05, 3.63) is 30.3 Å². The second kappa shape index (κ2) is 11.7. The molecule has 9 heteroatoms. The third-order valence-electron chi connectivity index (χ3n) is 4.88. The quantitative estimate of drug-likeness (QED) is 0.360. The molecule has 3 rings (SSSR count). The lowest BCUT2D eigenvalue weighted by Gasteiger charge is -2.37. The zero-order valence-electron chi connectivity index (χ0n) is 16.2. The summed E-state index contributed by atoms with van der Waals surface area (Å²) in [5.41, 5.74) is 0. The second-order valence-electron chi connectivity index (χ2n) is 6.65. The number of aliphatic imine (C=N–C) groups is 1. The van der Waals surface area contributed by atoms with E-state index in [0.29, 0.717) is 32.0 Å². The molecule has 0 saturated carbocycles. The first-order chi connectivity index (χ1) is 13.2. The van der Waals surface area contributed by atoms with Crippen molar-refractivity contribution in [1.82, 2.24) is 15.1 Å². The third-order valence-corrected chi connectivity index (χ3v) is 6.26. The van der Waals surface area contributed by atoms with Gasteiger partial charge in [0.1, 0.15) is 6.10 Å². The molecule has 0 spiro atoms. The van der Waals surface area contributed by atoms with Crippen LogP contribution in [-0.2, 0) is 20.3 Å². The summed E-state index contributed by atoms with van der Waals surface area (Å²) in [6.07, 6.45) is 1.56. The van der Waals surface area contributed by atoms with Crippen LogP contribution in [0.4, 0.5) is 0 Å². The largest absolute Gasteiger partial charge is 0.368 e. The second-order valence-corrected chi connectivity index (χ2v) is 8.22. The van der Waals surface area contributed by atoms with Crippen LogP contribution >= 0.6 is 24.0 Å². The highest BCUT2D eigenvalue weighted by atomic mass is 127. The molecule has 1 aromatic carbocycles. The molecule has 28 heavy (non-hydrogen) atoms. The SMILES string of the molecule is CN=C(NCCS(=O)c1ccccc1)N1CCN(C(=O)C2CCCO2)CC1.I. The predicted octanol–water partition coefficient (Wildman–Crippen LogP) is 1.31. The van der Waals surface area contributed by atoms with Crippen molar-refractivity contribution < 1.29 is 13.7 Å². The van der Waals surface area contributed by atoms with Crippen molar-refractivity contribution in [3.8, 4) is 0 Å². The molecular weight excluding hydrogens is 491 g/mol. The minimum Gasteiger partial charge on any atom is -0.368 e. The molecule has 0 aromatic heterocycles. The molecule has 2 saturated heterocycles. The van der Waals surface area contributed by atoms with Gasteiger partial charge in [0.25, 0.3) is 5.91 Å².